The van der Waals surface area contributed by atoms with Gasteiger partial charge in [-0.2, -0.15) is 0 Å². The van der Waals surface area contributed by atoms with Crippen LogP contribution < -0.4 is 15.2 Å². The summed E-state index contributed by atoms with van der Waals surface area (Å²) < 4.78 is 32.4. The minimum atomic E-state index is -3.52. The van der Waals surface area contributed by atoms with Crippen molar-refractivity contribution >= 4 is 31.6 Å². The molecule has 3 N–H and O–H groups in total. The first-order valence-electron chi connectivity index (χ1n) is 6.13. The molecule has 0 aromatic heterocycles. The van der Waals surface area contributed by atoms with E-state index in [-0.39, 0.29) is 11.5 Å². The van der Waals surface area contributed by atoms with Crippen LogP contribution >= 0.6 is 15.9 Å². The van der Waals surface area contributed by atoms with Gasteiger partial charge in [0.05, 0.1) is 10.6 Å². The van der Waals surface area contributed by atoms with Crippen molar-refractivity contribution in [1.29, 1.82) is 0 Å². The maximum atomic E-state index is 11.8. The van der Waals surface area contributed by atoms with Crippen molar-refractivity contribution in [1.82, 2.24) is 4.72 Å². The van der Waals surface area contributed by atoms with Crippen molar-refractivity contribution in [2.75, 3.05) is 12.8 Å². The summed E-state index contributed by atoms with van der Waals surface area (Å²) in [5.74, 6) is 0.335. The SMILES string of the molecule is CNS(=O)(=O)c1ccc(N)c(OCc2ccccc2Br)c1. The van der Waals surface area contributed by atoms with Crippen LogP contribution in [-0.2, 0) is 16.6 Å². The maximum absolute atomic E-state index is 11.8. The lowest BCUT2D eigenvalue weighted by Crippen LogP contribution is -2.18. The molecule has 7 heteroatoms. The number of nitrogens with one attached hydrogen (secondary N) is 1. The zero-order valence-corrected chi connectivity index (χ0v) is 13.7. The van der Waals surface area contributed by atoms with Gasteiger partial charge in [0, 0.05) is 16.1 Å². The molecule has 2 aromatic rings. The highest BCUT2D eigenvalue weighted by atomic mass is 79.9. The molecule has 0 amide bonds. The summed E-state index contributed by atoms with van der Waals surface area (Å²) in [7, 11) is -2.17. The number of anilines is 1. The van der Waals surface area contributed by atoms with E-state index < -0.39 is 10.0 Å². The average Bonchev–Trinajstić information content (AvgIpc) is 2.47. The lowest BCUT2D eigenvalue weighted by molar-refractivity contribution is 0.306. The van der Waals surface area contributed by atoms with Crippen LogP contribution in [0.1, 0.15) is 5.56 Å². The van der Waals surface area contributed by atoms with Crippen LogP contribution in [0.2, 0.25) is 0 Å². The van der Waals surface area contributed by atoms with Gasteiger partial charge in [-0.05, 0) is 25.2 Å². The smallest absolute Gasteiger partial charge is 0.240 e. The molecule has 0 atom stereocenters. The molecule has 0 saturated heterocycles. The topological polar surface area (TPSA) is 81.4 Å². The van der Waals surface area contributed by atoms with Crippen LogP contribution in [0.4, 0.5) is 5.69 Å². The summed E-state index contributed by atoms with van der Waals surface area (Å²) >= 11 is 3.43. The van der Waals surface area contributed by atoms with Crippen LogP contribution in [0.25, 0.3) is 0 Å². The van der Waals surface area contributed by atoms with Gasteiger partial charge in [0.1, 0.15) is 12.4 Å². The van der Waals surface area contributed by atoms with Gasteiger partial charge in [-0.1, -0.05) is 34.1 Å². The van der Waals surface area contributed by atoms with E-state index in [4.69, 9.17) is 10.5 Å². The molecule has 0 aliphatic carbocycles. The Balaban J connectivity index is 2.24. The van der Waals surface area contributed by atoms with E-state index in [0.717, 1.165) is 10.0 Å². The fraction of sp³-hybridized carbons (Fsp3) is 0.143. The summed E-state index contributed by atoms with van der Waals surface area (Å²) in [6, 6.07) is 12.0. The number of nitrogen functional groups attached to an aromatic ring is 1. The minimum absolute atomic E-state index is 0.112. The molecule has 112 valence electrons. The number of benzene rings is 2. The highest BCUT2D eigenvalue weighted by molar-refractivity contribution is 9.10. The molecule has 5 nitrogen and oxygen atoms in total. The van der Waals surface area contributed by atoms with E-state index in [9.17, 15) is 8.42 Å². The van der Waals surface area contributed by atoms with Crippen molar-refractivity contribution < 1.29 is 13.2 Å². The molecule has 0 saturated carbocycles. The number of hydrogen-bond acceptors (Lipinski definition) is 4. The Morgan fingerprint density at radius 2 is 1.95 bits per heavy atom. The molecule has 21 heavy (non-hydrogen) atoms. The van der Waals surface area contributed by atoms with Crippen LogP contribution in [0.5, 0.6) is 5.75 Å². The number of ether oxygens (including phenoxy) is 1. The first kappa shape index (κ1) is 15.8. The van der Waals surface area contributed by atoms with Crippen LogP contribution in [-0.4, -0.2) is 15.5 Å². The summed E-state index contributed by atoms with van der Waals surface area (Å²) in [6.45, 7) is 0.286. The molecular weight excluding hydrogens is 356 g/mol. The molecule has 0 aliphatic heterocycles. The maximum Gasteiger partial charge on any atom is 0.240 e. The molecule has 0 fully saturated rings. The van der Waals surface area contributed by atoms with Gasteiger partial charge >= 0.3 is 0 Å². The molecule has 0 heterocycles. The summed E-state index contributed by atoms with van der Waals surface area (Å²) in [4.78, 5) is 0.112. The molecular formula is C14H15BrN2O3S. The highest BCUT2D eigenvalue weighted by Crippen LogP contribution is 2.27. The Hall–Kier alpha value is -1.57. The van der Waals surface area contributed by atoms with Gasteiger partial charge < -0.3 is 10.5 Å². The number of halogens is 1. The Morgan fingerprint density at radius 3 is 2.62 bits per heavy atom. The third-order valence-corrected chi connectivity index (χ3v) is 5.09. The quantitative estimate of drug-likeness (QED) is 0.792. The fourth-order valence-corrected chi connectivity index (χ4v) is 2.84. The fourth-order valence-electron chi connectivity index (χ4n) is 1.70. The molecule has 2 aromatic carbocycles. The number of nitrogens with two attached hydrogens (primary N) is 1. The number of sulfonamides is 1. The van der Waals surface area contributed by atoms with Crippen LogP contribution in [0.15, 0.2) is 51.8 Å². The molecule has 0 bridgehead atoms. The van der Waals surface area contributed by atoms with Crippen molar-refractivity contribution in [2.45, 2.75) is 11.5 Å². The monoisotopic (exact) mass is 370 g/mol. The summed E-state index contributed by atoms with van der Waals surface area (Å²) in [6.07, 6.45) is 0. The predicted molar refractivity (Wildman–Crippen MR) is 85.6 cm³/mol. The lowest BCUT2D eigenvalue weighted by Gasteiger charge is -2.12. The van der Waals surface area contributed by atoms with E-state index in [0.29, 0.717) is 11.4 Å². The van der Waals surface area contributed by atoms with Gasteiger partial charge in [-0.15, -0.1) is 0 Å². The second kappa shape index (κ2) is 6.46. The second-order valence-corrected chi connectivity index (χ2v) is 7.03. The van der Waals surface area contributed by atoms with Gasteiger partial charge in [0.2, 0.25) is 10.0 Å². The zero-order valence-electron chi connectivity index (χ0n) is 11.3. The van der Waals surface area contributed by atoms with Crippen molar-refractivity contribution in [3.8, 4) is 5.75 Å². The van der Waals surface area contributed by atoms with Crippen molar-refractivity contribution in [2.24, 2.45) is 0 Å². The molecule has 0 spiro atoms. The first-order valence-corrected chi connectivity index (χ1v) is 8.41. The zero-order chi connectivity index (χ0) is 15.5. The van der Waals surface area contributed by atoms with E-state index in [1.54, 1.807) is 0 Å². The molecule has 0 aliphatic rings. The van der Waals surface area contributed by atoms with Crippen LogP contribution in [0, 0.1) is 0 Å². The van der Waals surface area contributed by atoms with Gasteiger partial charge in [-0.3, -0.25) is 0 Å². The van der Waals surface area contributed by atoms with E-state index in [1.807, 2.05) is 24.3 Å². The summed E-state index contributed by atoms with van der Waals surface area (Å²) in [5, 5.41) is 0. The Bertz CT molecular complexity index is 748. The summed E-state index contributed by atoms with van der Waals surface area (Å²) in [5.41, 5.74) is 7.15. The third kappa shape index (κ3) is 3.75. The normalized spacial score (nSPS) is 11.3. The van der Waals surface area contributed by atoms with E-state index >= 15 is 0 Å². The molecule has 2 rings (SSSR count). The number of rotatable bonds is 5. The predicted octanol–water partition coefficient (Wildman–Crippen LogP) is 2.52. The van der Waals surface area contributed by atoms with Crippen LogP contribution in [0.3, 0.4) is 0 Å². The van der Waals surface area contributed by atoms with Crippen molar-refractivity contribution in [3.63, 3.8) is 0 Å². The van der Waals surface area contributed by atoms with Gasteiger partial charge in [0.15, 0.2) is 0 Å². The Labute approximate surface area is 132 Å². The molecule has 0 unspecified atom stereocenters. The van der Waals surface area contributed by atoms with Crippen molar-refractivity contribution in [3.05, 3.63) is 52.5 Å². The van der Waals surface area contributed by atoms with Gasteiger partial charge in [0.25, 0.3) is 0 Å². The van der Waals surface area contributed by atoms with E-state index in [2.05, 4.69) is 20.7 Å². The van der Waals surface area contributed by atoms with E-state index in [1.165, 1.54) is 25.2 Å². The molecule has 0 radical (unpaired) electrons. The Morgan fingerprint density at radius 1 is 1.24 bits per heavy atom. The first-order chi connectivity index (χ1) is 9.94. The number of hydrogen-bond donors (Lipinski definition) is 2. The Kier molecular flexibility index (Phi) is 4.87. The second-order valence-electron chi connectivity index (χ2n) is 4.29. The minimum Gasteiger partial charge on any atom is -0.487 e. The lowest BCUT2D eigenvalue weighted by atomic mass is 10.2. The highest BCUT2D eigenvalue weighted by Gasteiger charge is 2.14. The standard InChI is InChI=1S/C14H15BrN2O3S/c1-17-21(18,19)11-6-7-13(16)14(8-11)20-9-10-4-2-3-5-12(10)15/h2-8,17H,9,16H2,1H3. The third-order valence-electron chi connectivity index (χ3n) is 2.91. The largest absolute Gasteiger partial charge is 0.487 e. The van der Waals surface area contributed by atoms with Gasteiger partial charge in [-0.25, -0.2) is 13.1 Å². The average molecular weight is 371 g/mol.